The Bertz CT molecular complexity index is 1130. The van der Waals surface area contributed by atoms with Crippen molar-refractivity contribution < 1.29 is 4.79 Å². The molecule has 2 aliphatic heterocycles. The van der Waals surface area contributed by atoms with E-state index in [2.05, 4.69) is 47.3 Å². The molecule has 0 saturated carbocycles. The quantitative estimate of drug-likeness (QED) is 0.665. The molecule has 0 bridgehead atoms. The standard InChI is InChI=1S/C23H24N4O/c1-14-24-22-19(26(14)2)11-18(27-10-8-20(27)28)17-7-9-23(25-21(17)22)12-15-5-3-4-6-16(15)13-23/h3-6,11,25H,7-10,12-13H2,1-2H3. The molecule has 0 radical (unpaired) electrons. The summed E-state index contributed by atoms with van der Waals surface area (Å²) in [6.45, 7) is 2.87. The molecule has 5 nitrogen and oxygen atoms in total. The summed E-state index contributed by atoms with van der Waals surface area (Å²) in [5.74, 6) is 1.23. The zero-order valence-electron chi connectivity index (χ0n) is 16.4. The predicted molar refractivity (Wildman–Crippen MR) is 111 cm³/mol. The maximum atomic E-state index is 12.2. The second kappa shape index (κ2) is 5.37. The monoisotopic (exact) mass is 372 g/mol. The number of rotatable bonds is 1. The van der Waals surface area contributed by atoms with E-state index in [1.165, 1.54) is 16.7 Å². The highest BCUT2D eigenvalue weighted by atomic mass is 16.2. The van der Waals surface area contributed by atoms with Gasteiger partial charge in [0.1, 0.15) is 11.3 Å². The van der Waals surface area contributed by atoms with Crippen molar-refractivity contribution in [1.29, 1.82) is 0 Å². The summed E-state index contributed by atoms with van der Waals surface area (Å²) >= 11 is 0. The third-order valence-corrected chi connectivity index (χ3v) is 7.05. The Labute approximate surface area is 164 Å². The van der Waals surface area contributed by atoms with Gasteiger partial charge in [-0.25, -0.2) is 4.98 Å². The first kappa shape index (κ1) is 16.2. The minimum Gasteiger partial charge on any atom is -0.377 e. The summed E-state index contributed by atoms with van der Waals surface area (Å²) in [4.78, 5) is 19.1. The van der Waals surface area contributed by atoms with E-state index in [-0.39, 0.29) is 11.4 Å². The van der Waals surface area contributed by atoms with Gasteiger partial charge in [-0.05, 0) is 49.8 Å². The highest BCUT2D eigenvalue weighted by Crippen LogP contribution is 2.46. The number of aryl methyl sites for hydroxylation is 2. The number of amides is 1. The number of benzene rings is 2. The summed E-state index contributed by atoms with van der Waals surface area (Å²) in [6.07, 6.45) is 4.84. The molecule has 6 rings (SSSR count). The first-order valence-electron chi connectivity index (χ1n) is 10.2. The van der Waals surface area contributed by atoms with Gasteiger partial charge in [0.05, 0.1) is 16.9 Å². The Balaban J connectivity index is 1.52. The lowest BCUT2D eigenvalue weighted by molar-refractivity contribution is -0.122. The summed E-state index contributed by atoms with van der Waals surface area (Å²) in [5, 5.41) is 3.95. The highest BCUT2D eigenvalue weighted by Gasteiger charge is 2.42. The number of nitrogens with zero attached hydrogens (tertiary/aromatic N) is 3. The summed E-state index contributed by atoms with van der Waals surface area (Å²) < 4.78 is 2.13. The van der Waals surface area contributed by atoms with Gasteiger partial charge in [0.25, 0.3) is 0 Å². The van der Waals surface area contributed by atoms with Crippen molar-refractivity contribution in [2.24, 2.45) is 7.05 Å². The number of carbonyl (C=O) groups is 1. The maximum Gasteiger partial charge on any atom is 0.228 e. The lowest BCUT2D eigenvalue weighted by Gasteiger charge is -2.40. The Hall–Kier alpha value is -2.82. The van der Waals surface area contributed by atoms with Gasteiger partial charge >= 0.3 is 0 Å². The normalized spacial score (nSPS) is 19.5. The van der Waals surface area contributed by atoms with Gasteiger partial charge in [0.15, 0.2) is 0 Å². The second-order valence-corrected chi connectivity index (χ2v) is 8.66. The molecule has 142 valence electrons. The number of imidazole rings is 1. The van der Waals surface area contributed by atoms with E-state index in [1.807, 2.05) is 11.8 Å². The van der Waals surface area contributed by atoms with Gasteiger partial charge in [-0.15, -0.1) is 0 Å². The molecule has 1 fully saturated rings. The third kappa shape index (κ3) is 2.07. The Morgan fingerprint density at radius 1 is 1.14 bits per heavy atom. The Kier molecular flexibility index (Phi) is 3.10. The Morgan fingerprint density at radius 3 is 2.54 bits per heavy atom. The van der Waals surface area contributed by atoms with Crippen LogP contribution in [0.1, 0.15) is 35.4 Å². The number of anilines is 2. The van der Waals surface area contributed by atoms with Crippen LogP contribution in [-0.2, 0) is 31.1 Å². The van der Waals surface area contributed by atoms with Crippen LogP contribution in [-0.4, -0.2) is 27.5 Å². The van der Waals surface area contributed by atoms with Gasteiger partial charge in [-0.1, -0.05) is 24.3 Å². The zero-order chi connectivity index (χ0) is 19.0. The van der Waals surface area contributed by atoms with E-state index < -0.39 is 0 Å². The van der Waals surface area contributed by atoms with Crippen molar-refractivity contribution in [3.8, 4) is 0 Å². The van der Waals surface area contributed by atoms with E-state index in [1.54, 1.807) is 0 Å². The molecule has 1 N–H and O–H groups in total. The molecule has 1 amide bonds. The number of hydrogen-bond acceptors (Lipinski definition) is 3. The summed E-state index contributed by atoms with van der Waals surface area (Å²) in [5.41, 5.74) is 8.62. The van der Waals surface area contributed by atoms with Gasteiger partial charge in [0.2, 0.25) is 5.91 Å². The number of β-lactam (4-membered cyclic amide) rings is 1. The van der Waals surface area contributed by atoms with Crippen LogP contribution in [0.25, 0.3) is 11.0 Å². The van der Waals surface area contributed by atoms with E-state index in [0.717, 1.165) is 60.5 Å². The number of aromatic nitrogens is 2. The molecule has 0 atom stereocenters. The number of fused-ring (bicyclic) bond motifs is 4. The number of nitrogens with one attached hydrogen (secondary N) is 1. The second-order valence-electron chi connectivity index (χ2n) is 8.66. The molecule has 5 heteroatoms. The van der Waals surface area contributed by atoms with Crippen molar-refractivity contribution in [2.45, 2.75) is 44.6 Å². The maximum absolute atomic E-state index is 12.2. The summed E-state index contributed by atoms with van der Waals surface area (Å²) in [7, 11) is 2.06. The smallest absolute Gasteiger partial charge is 0.228 e. The number of carbonyl (C=O) groups excluding carboxylic acids is 1. The molecule has 0 unspecified atom stereocenters. The van der Waals surface area contributed by atoms with E-state index in [4.69, 9.17) is 4.98 Å². The van der Waals surface area contributed by atoms with Crippen molar-refractivity contribution in [1.82, 2.24) is 9.55 Å². The third-order valence-electron chi connectivity index (χ3n) is 7.05. The molecule has 1 aliphatic carbocycles. The largest absolute Gasteiger partial charge is 0.377 e. The van der Waals surface area contributed by atoms with E-state index in [9.17, 15) is 4.79 Å². The van der Waals surface area contributed by atoms with Crippen LogP contribution in [0.15, 0.2) is 30.3 Å². The summed E-state index contributed by atoms with van der Waals surface area (Å²) in [6, 6.07) is 11.0. The molecule has 1 aromatic heterocycles. The molecule has 2 aromatic carbocycles. The van der Waals surface area contributed by atoms with Gasteiger partial charge in [0, 0.05) is 31.1 Å². The Morgan fingerprint density at radius 2 is 1.89 bits per heavy atom. The van der Waals surface area contributed by atoms with Crippen molar-refractivity contribution >= 4 is 28.3 Å². The lowest BCUT2D eigenvalue weighted by Crippen LogP contribution is -2.46. The van der Waals surface area contributed by atoms with Gasteiger partial charge < -0.3 is 14.8 Å². The van der Waals surface area contributed by atoms with Gasteiger partial charge in [-0.3, -0.25) is 4.79 Å². The average molecular weight is 372 g/mol. The van der Waals surface area contributed by atoms with Gasteiger partial charge in [-0.2, -0.15) is 0 Å². The van der Waals surface area contributed by atoms with Crippen molar-refractivity contribution in [3.63, 3.8) is 0 Å². The zero-order valence-corrected chi connectivity index (χ0v) is 16.4. The molecule has 3 aromatic rings. The number of hydrogen-bond donors (Lipinski definition) is 1. The molecule has 3 heterocycles. The average Bonchev–Trinajstić information content (AvgIpc) is 3.18. The molecular weight excluding hydrogens is 348 g/mol. The molecule has 1 saturated heterocycles. The van der Waals surface area contributed by atoms with Crippen molar-refractivity contribution in [3.05, 3.63) is 52.8 Å². The SMILES string of the molecule is Cc1nc2c3c(c(N4CCC4=O)cc2n1C)CCC1(Cc2ccccc2C1)N3. The van der Waals surface area contributed by atoms with Crippen LogP contribution in [0.2, 0.25) is 0 Å². The predicted octanol–water partition coefficient (Wildman–Crippen LogP) is 3.51. The fourth-order valence-electron chi connectivity index (χ4n) is 5.31. The first-order chi connectivity index (χ1) is 13.5. The van der Waals surface area contributed by atoms with Crippen LogP contribution in [0.4, 0.5) is 11.4 Å². The van der Waals surface area contributed by atoms with Crippen LogP contribution in [0.3, 0.4) is 0 Å². The molecule has 1 spiro atoms. The minimum atomic E-state index is 0.0621. The molecule has 3 aliphatic rings. The van der Waals surface area contributed by atoms with Crippen LogP contribution in [0.5, 0.6) is 0 Å². The molecule has 28 heavy (non-hydrogen) atoms. The fraction of sp³-hybridized carbons (Fsp3) is 0.391. The lowest BCUT2D eigenvalue weighted by atomic mass is 9.82. The van der Waals surface area contributed by atoms with Crippen LogP contribution >= 0.6 is 0 Å². The minimum absolute atomic E-state index is 0.0621. The van der Waals surface area contributed by atoms with Crippen molar-refractivity contribution in [2.75, 3.05) is 16.8 Å². The van der Waals surface area contributed by atoms with Crippen LogP contribution in [0, 0.1) is 6.92 Å². The molecular formula is C23H24N4O. The van der Waals surface area contributed by atoms with Crippen LogP contribution < -0.4 is 10.2 Å². The van der Waals surface area contributed by atoms with E-state index in [0.29, 0.717) is 6.42 Å². The topological polar surface area (TPSA) is 50.2 Å². The fourth-order valence-corrected chi connectivity index (χ4v) is 5.31. The first-order valence-corrected chi connectivity index (χ1v) is 10.2. The van der Waals surface area contributed by atoms with E-state index >= 15 is 0 Å². The highest BCUT2D eigenvalue weighted by molar-refractivity contribution is 6.05.